The Morgan fingerprint density at radius 3 is 2.50 bits per heavy atom. The molecule has 2 rings (SSSR count). The molecule has 1 aromatic carbocycles. The summed E-state index contributed by atoms with van der Waals surface area (Å²) in [6.45, 7) is 5.81. The SMILES string of the molecule is Cc1cc(Cn2nnnc2C(C)N)cc(C)c1F. The fourth-order valence-corrected chi connectivity index (χ4v) is 1.95. The highest BCUT2D eigenvalue weighted by Crippen LogP contribution is 2.16. The van der Waals surface area contributed by atoms with E-state index in [1.807, 2.05) is 6.92 Å². The highest BCUT2D eigenvalue weighted by molar-refractivity contribution is 5.30. The van der Waals surface area contributed by atoms with Gasteiger partial charge in [-0.25, -0.2) is 9.07 Å². The lowest BCUT2D eigenvalue weighted by Crippen LogP contribution is -2.15. The number of rotatable bonds is 3. The van der Waals surface area contributed by atoms with Crippen molar-refractivity contribution in [3.05, 3.63) is 40.5 Å². The van der Waals surface area contributed by atoms with Crippen LogP contribution in [-0.2, 0) is 6.54 Å². The molecule has 0 spiro atoms. The van der Waals surface area contributed by atoms with E-state index in [2.05, 4.69) is 15.5 Å². The van der Waals surface area contributed by atoms with Gasteiger partial charge >= 0.3 is 0 Å². The van der Waals surface area contributed by atoms with Crippen LogP contribution in [-0.4, -0.2) is 20.2 Å². The van der Waals surface area contributed by atoms with E-state index in [1.165, 1.54) is 0 Å². The molecule has 6 heteroatoms. The molecule has 2 N–H and O–H groups in total. The number of nitrogens with zero attached hydrogens (tertiary/aromatic N) is 4. The zero-order valence-electron chi connectivity index (χ0n) is 10.7. The Kier molecular flexibility index (Phi) is 3.38. The van der Waals surface area contributed by atoms with Gasteiger partial charge in [0.25, 0.3) is 0 Å². The molecule has 2 aromatic rings. The third-order valence-electron chi connectivity index (χ3n) is 2.80. The van der Waals surface area contributed by atoms with Crippen molar-refractivity contribution in [1.82, 2.24) is 20.2 Å². The van der Waals surface area contributed by atoms with Crippen LogP contribution < -0.4 is 5.73 Å². The number of nitrogens with two attached hydrogens (primary N) is 1. The second-order valence-corrected chi connectivity index (χ2v) is 4.53. The molecule has 1 aromatic heterocycles. The van der Waals surface area contributed by atoms with Crippen LogP contribution in [0.25, 0.3) is 0 Å². The molecule has 0 bridgehead atoms. The second kappa shape index (κ2) is 4.81. The molecule has 1 heterocycles. The third-order valence-corrected chi connectivity index (χ3v) is 2.80. The molecule has 1 unspecified atom stereocenters. The maximum absolute atomic E-state index is 13.5. The van der Waals surface area contributed by atoms with Crippen LogP contribution >= 0.6 is 0 Å². The Labute approximate surface area is 105 Å². The summed E-state index contributed by atoms with van der Waals surface area (Å²) >= 11 is 0. The van der Waals surface area contributed by atoms with Gasteiger partial charge in [-0.3, -0.25) is 0 Å². The van der Waals surface area contributed by atoms with Crippen LogP contribution in [0.15, 0.2) is 12.1 Å². The number of aromatic nitrogens is 4. The van der Waals surface area contributed by atoms with Crippen molar-refractivity contribution in [1.29, 1.82) is 0 Å². The van der Waals surface area contributed by atoms with Crippen LogP contribution in [0.1, 0.15) is 35.5 Å². The standard InChI is InChI=1S/C12H16FN5/c1-7-4-10(5-8(2)11(7)13)6-18-12(9(3)14)15-16-17-18/h4-5,9H,6,14H2,1-3H3. The number of hydrogen-bond acceptors (Lipinski definition) is 4. The van der Waals surface area contributed by atoms with Crippen molar-refractivity contribution in [3.8, 4) is 0 Å². The fourth-order valence-electron chi connectivity index (χ4n) is 1.95. The Balaban J connectivity index is 2.32. The third kappa shape index (κ3) is 2.38. The Hall–Kier alpha value is -1.82. The highest BCUT2D eigenvalue weighted by Gasteiger charge is 2.12. The zero-order valence-corrected chi connectivity index (χ0v) is 10.7. The lowest BCUT2D eigenvalue weighted by Gasteiger charge is -2.09. The van der Waals surface area contributed by atoms with Crippen LogP contribution in [0.4, 0.5) is 4.39 Å². The molecular formula is C12H16FN5. The van der Waals surface area contributed by atoms with Crippen molar-refractivity contribution in [3.63, 3.8) is 0 Å². The smallest absolute Gasteiger partial charge is 0.168 e. The quantitative estimate of drug-likeness (QED) is 0.894. The number of halogens is 1. The average Bonchev–Trinajstić information content (AvgIpc) is 2.74. The van der Waals surface area contributed by atoms with E-state index < -0.39 is 0 Å². The van der Waals surface area contributed by atoms with Crippen LogP contribution in [0.2, 0.25) is 0 Å². The molecule has 0 aliphatic rings. The normalized spacial score (nSPS) is 12.7. The van der Waals surface area contributed by atoms with Crippen molar-refractivity contribution in [2.75, 3.05) is 0 Å². The van der Waals surface area contributed by atoms with E-state index in [-0.39, 0.29) is 11.9 Å². The average molecular weight is 249 g/mol. The monoisotopic (exact) mass is 249 g/mol. The van der Waals surface area contributed by atoms with Gasteiger partial charge < -0.3 is 5.73 Å². The molecule has 0 aliphatic carbocycles. The summed E-state index contributed by atoms with van der Waals surface area (Å²) in [6.07, 6.45) is 0. The van der Waals surface area contributed by atoms with E-state index in [0.717, 1.165) is 5.56 Å². The minimum absolute atomic E-state index is 0.164. The van der Waals surface area contributed by atoms with E-state index in [0.29, 0.717) is 23.5 Å². The topological polar surface area (TPSA) is 69.6 Å². The Bertz CT molecular complexity index is 538. The van der Waals surface area contributed by atoms with Gasteiger partial charge in [-0.15, -0.1) is 5.10 Å². The summed E-state index contributed by atoms with van der Waals surface area (Å²) < 4.78 is 15.2. The maximum atomic E-state index is 13.5. The predicted octanol–water partition coefficient (Wildman–Crippen LogP) is 1.50. The van der Waals surface area contributed by atoms with Crippen molar-refractivity contribution >= 4 is 0 Å². The first kappa shape index (κ1) is 12.6. The second-order valence-electron chi connectivity index (χ2n) is 4.53. The predicted molar refractivity (Wildman–Crippen MR) is 65.4 cm³/mol. The minimum Gasteiger partial charge on any atom is -0.322 e. The van der Waals surface area contributed by atoms with E-state index in [1.54, 1.807) is 30.7 Å². The zero-order chi connectivity index (χ0) is 13.3. The molecule has 0 aliphatic heterocycles. The van der Waals surface area contributed by atoms with Crippen molar-refractivity contribution in [2.24, 2.45) is 5.73 Å². The molecule has 1 atom stereocenters. The summed E-state index contributed by atoms with van der Waals surface area (Å²) in [5.74, 6) is 0.456. The number of hydrogen-bond donors (Lipinski definition) is 1. The van der Waals surface area contributed by atoms with Crippen LogP contribution in [0.5, 0.6) is 0 Å². The van der Waals surface area contributed by atoms with Crippen molar-refractivity contribution < 1.29 is 4.39 Å². The molecule has 5 nitrogen and oxygen atoms in total. The first-order chi connectivity index (χ1) is 8.49. The van der Waals surface area contributed by atoms with E-state index in [4.69, 9.17) is 5.73 Å². The summed E-state index contributed by atoms with van der Waals surface area (Å²) in [5.41, 5.74) is 7.98. The maximum Gasteiger partial charge on any atom is 0.168 e. The van der Waals surface area contributed by atoms with E-state index in [9.17, 15) is 4.39 Å². The molecular weight excluding hydrogens is 233 g/mol. The van der Waals surface area contributed by atoms with Gasteiger partial charge in [0.05, 0.1) is 12.6 Å². The fraction of sp³-hybridized carbons (Fsp3) is 0.417. The van der Waals surface area contributed by atoms with Gasteiger partial charge in [0.2, 0.25) is 0 Å². The molecule has 0 radical (unpaired) electrons. The summed E-state index contributed by atoms with van der Waals surface area (Å²) in [7, 11) is 0. The van der Waals surface area contributed by atoms with Gasteiger partial charge in [0.15, 0.2) is 5.82 Å². The van der Waals surface area contributed by atoms with E-state index >= 15 is 0 Å². The molecule has 0 saturated carbocycles. The lowest BCUT2D eigenvalue weighted by atomic mass is 10.1. The first-order valence-electron chi connectivity index (χ1n) is 5.76. The largest absolute Gasteiger partial charge is 0.322 e. The molecule has 0 fully saturated rings. The van der Waals surface area contributed by atoms with Gasteiger partial charge in [0.1, 0.15) is 5.82 Å². The molecule has 18 heavy (non-hydrogen) atoms. The molecule has 0 saturated heterocycles. The molecule has 96 valence electrons. The van der Waals surface area contributed by atoms with Gasteiger partial charge in [-0.2, -0.15) is 0 Å². The Morgan fingerprint density at radius 1 is 1.33 bits per heavy atom. The van der Waals surface area contributed by atoms with Crippen molar-refractivity contribution in [2.45, 2.75) is 33.4 Å². The van der Waals surface area contributed by atoms with Crippen LogP contribution in [0.3, 0.4) is 0 Å². The molecule has 0 amide bonds. The Morgan fingerprint density at radius 2 is 1.94 bits per heavy atom. The summed E-state index contributed by atoms with van der Waals surface area (Å²) in [6, 6.07) is 3.37. The summed E-state index contributed by atoms with van der Waals surface area (Å²) in [5, 5.41) is 11.4. The van der Waals surface area contributed by atoms with Gasteiger partial charge in [-0.1, -0.05) is 12.1 Å². The lowest BCUT2D eigenvalue weighted by molar-refractivity contribution is 0.581. The number of tetrazole rings is 1. The first-order valence-corrected chi connectivity index (χ1v) is 5.76. The number of benzene rings is 1. The highest BCUT2D eigenvalue weighted by atomic mass is 19.1. The van der Waals surface area contributed by atoms with Gasteiger partial charge in [0, 0.05) is 0 Å². The minimum atomic E-state index is -0.234. The summed E-state index contributed by atoms with van der Waals surface area (Å²) in [4.78, 5) is 0. The number of aryl methyl sites for hydroxylation is 2. The van der Waals surface area contributed by atoms with Gasteiger partial charge in [-0.05, 0) is 47.9 Å². The van der Waals surface area contributed by atoms with Crippen LogP contribution in [0, 0.1) is 19.7 Å².